The predicted molar refractivity (Wildman–Crippen MR) is 34.6 cm³/mol. The molecule has 0 aliphatic rings. The van der Waals surface area contributed by atoms with Crippen LogP contribution >= 0.6 is 0 Å². The number of hydrogen-bond acceptors (Lipinski definition) is 1. The van der Waals surface area contributed by atoms with Crippen molar-refractivity contribution in [3.63, 3.8) is 0 Å². The molecular weight excluding hydrogens is 100 g/mol. The minimum absolute atomic E-state index is 0.615. The molecule has 1 heteroatoms. The maximum absolute atomic E-state index is 9.71. The van der Waals surface area contributed by atoms with Crippen molar-refractivity contribution in [3.05, 3.63) is 24.8 Å². The maximum atomic E-state index is 9.71. The summed E-state index contributed by atoms with van der Waals surface area (Å²) >= 11 is 0. The SMILES string of the molecule is C=C/C=C\CCC=O. The van der Waals surface area contributed by atoms with Crippen LogP contribution in [0, 0.1) is 0 Å². The fourth-order valence-electron chi connectivity index (χ4n) is 0.357. The Bertz CT molecular complexity index is 92.6. The van der Waals surface area contributed by atoms with E-state index >= 15 is 0 Å². The summed E-state index contributed by atoms with van der Waals surface area (Å²) in [4.78, 5) is 9.71. The van der Waals surface area contributed by atoms with E-state index < -0.39 is 0 Å². The Morgan fingerprint density at radius 2 is 2.12 bits per heavy atom. The van der Waals surface area contributed by atoms with Gasteiger partial charge in [-0.15, -0.1) is 0 Å². The summed E-state index contributed by atoms with van der Waals surface area (Å²) in [5.74, 6) is 0. The zero-order chi connectivity index (χ0) is 6.24. The summed E-state index contributed by atoms with van der Waals surface area (Å²) in [6.45, 7) is 3.48. The molecule has 0 rings (SSSR count). The monoisotopic (exact) mass is 110 g/mol. The smallest absolute Gasteiger partial charge is 0.120 e. The second-order valence-corrected chi connectivity index (χ2v) is 1.41. The first-order chi connectivity index (χ1) is 3.91. The van der Waals surface area contributed by atoms with Crippen molar-refractivity contribution in [2.45, 2.75) is 12.8 Å². The number of carbonyl (C=O) groups excluding carboxylic acids is 1. The van der Waals surface area contributed by atoms with Crippen molar-refractivity contribution >= 4 is 6.29 Å². The van der Waals surface area contributed by atoms with E-state index in [9.17, 15) is 4.79 Å². The molecule has 0 aliphatic carbocycles. The average molecular weight is 110 g/mol. The molecular formula is C7H10O. The maximum Gasteiger partial charge on any atom is 0.120 e. The molecule has 0 saturated heterocycles. The van der Waals surface area contributed by atoms with Gasteiger partial charge in [0.05, 0.1) is 0 Å². The van der Waals surface area contributed by atoms with E-state index in [1.165, 1.54) is 0 Å². The van der Waals surface area contributed by atoms with E-state index in [0.29, 0.717) is 6.42 Å². The Labute approximate surface area is 49.7 Å². The number of rotatable bonds is 4. The molecule has 0 aromatic carbocycles. The topological polar surface area (TPSA) is 17.1 Å². The Hall–Kier alpha value is -0.850. The Balaban J connectivity index is 3.02. The number of unbranched alkanes of at least 4 members (excludes halogenated alkanes) is 1. The molecule has 0 amide bonds. The molecule has 0 aromatic heterocycles. The highest BCUT2D eigenvalue weighted by atomic mass is 16.1. The van der Waals surface area contributed by atoms with Crippen LogP contribution in [0.25, 0.3) is 0 Å². The summed E-state index contributed by atoms with van der Waals surface area (Å²) in [6.07, 6.45) is 7.81. The predicted octanol–water partition coefficient (Wildman–Crippen LogP) is 1.71. The minimum atomic E-state index is 0.615. The molecule has 0 saturated carbocycles. The van der Waals surface area contributed by atoms with Crippen LogP contribution in [-0.4, -0.2) is 6.29 Å². The number of allylic oxidation sites excluding steroid dienone is 3. The molecule has 0 fully saturated rings. The molecule has 44 valence electrons. The fourth-order valence-corrected chi connectivity index (χ4v) is 0.357. The second kappa shape index (κ2) is 6.15. The zero-order valence-electron chi connectivity index (χ0n) is 4.84. The van der Waals surface area contributed by atoms with Crippen molar-refractivity contribution < 1.29 is 4.79 Å². The standard InChI is InChI=1S/C7H10O/c1-2-3-4-5-6-7-8/h2-4,7H,1,5-6H2/b4-3-. The van der Waals surface area contributed by atoms with Gasteiger partial charge in [0.25, 0.3) is 0 Å². The Morgan fingerprint density at radius 1 is 1.38 bits per heavy atom. The first kappa shape index (κ1) is 7.15. The molecule has 0 radical (unpaired) electrons. The zero-order valence-corrected chi connectivity index (χ0v) is 4.84. The molecule has 0 aromatic rings. The minimum Gasteiger partial charge on any atom is -0.303 e. The van der Waals surface area contributed by atoms with Crippen LogP contribution in [0.3, 0.4) is 0 Å². The van der Waals surface area contributed by atoms with Crippen molar-refractivity contribution in [2.75, 3.05) is 0 Å². The van der Waals surface area contributed by atoms with Crippen LogP contribution < -0.4 is 0 Å². The Kier molecular flexibility index (Phi) is 5.50. The van der Waals surface area contributed by atoms with Crippen molar-refractivity contribution in [3.8, 4) is 0 Å². The van der Waals surface area contributed by atoms with E-state index in [1.807, 2.05) is 12.2 Å². The fraction of sp³-hybridized carbons (Fsp3) is 0.286. The van der Waals surface area contributed by atoms with Crippen LogP contribution in [0.5, 0.6) is 0 Å². The van der Waals surface area contributed by atoms with Gasteiger partial charge in [0, 0.05) is 6.42 Å². The first-order valence-corrected chi connectivity index (χ1v) is 2.63. The third-order valence-electron chi connectivity index (χ3n) is 0.723. The average Bonchev–Trinajstić information content (AvgIpc) is 1.81. The highest BCUT2D eigenvalue weighted by molar-refractivity contribution is 5.49. The lowest BCUT2D eigenvalue weighted by atomic mass is 10.3. The molecule has 0 unspecified atom stereocenters. The first-order valence-electron chi connectivity index (χ1n) is 2.63. The van der Waals surface area contributed by atoms with Crippen LogP contribution in [-0.2, 0) is 4.79 Å². The Morgan fingerprint density at radius 3 is 2.62 bits per heavy atom. The van der Waals surface area contributed by atoms with Gasteiger partial charge in [-0.25, -0.2) is 0 Å². The van der Waals surface area contributed by atoms with Crippen molar-refractivity contribution in [1.82, 2.24) is 0 Å². The van der Waals surface area contributed by atoms with Gasteiger partial charge < -0.3 is 4.79 Å². The lowest BCUT2D eigenvalue weighted by Gasteiger charge is -1.77. The molecule has 1 nitrogen and oxygen atoms in total. The van der Waals surface area contributed by atoms with Crippen molar-refractivity contribution in [1.29, 1.82) is 0 Å². The van der Waals surface area contributed by atoms with E-state index in [2.05, 4.69) is 6.58 Å². The van der Waals surface area contributed by atoms with Crippen molar-refractivity contribution in [2.24, 2.45) is 0 Å². The summed E-state index contributed by atoms with van der Waals surface area (Å²) in [6, 6.07) is 0. The third kappa shape index (κ3) is 5.15. The molecule has 0 spiro atoms. The van der Waals surface area contributed by atoms with Crippen LogP contribution in [0.4, 0.5) is 0 Å². The largest absolute Gasteiger partial charge is 0.303 e. The van der Waals surface area contributed by atoms with Gasteiger partial charge in [-0.1, -0.05) is 24.8 Å². The molecule has 0 N–H and O–H groups in total. The molecule has 0 aliphatic heterocycles. The molecule has 0 atom stereocenters. The second-order valence-electron chi connectivity index (χ2n) is 1.41. The van der Waals surface area contributed by atoms with Gasteiger partial charge in [0.15, 0.2) is 0 Å². The molecule has 0 heterocycles. The number of aldehydes is 1. The molecule has 0 bridgehead atoms. The van der Waals surface area contributed by atoms with E-state index in [1.54, 1.807) is 6.08 Å². The third-order valence-corrected chi connectivity index (χ3v) is 0.723. The summed E-state index contributed by atoms with van der Waals surface area (Å²) < 4.78 is 0. The summed E-state index contributed by atoms with van der Waals surface area (Å²) in [7, 11) is 0. The van der Waals surface area contributed by atoms with Gasteiger partial charge >= 0.3 is 0 Å². The highest BCUT2D eigenvalue weighted by Crippen LogP contribution is 1.85. The van der Waals surface area contributed by atoms with Crippen LogP contribution in [0.1, 0.15) is 12.8 Å². The lowest BCUT2D eigenvalue weighted by Crippen LogP contribution is -1.68. The van der Waals surface area contributed by atoms with E-state index in [0.717, 1.165) is 12.7 Å². The number of carbonyl (C=O) groups is 1. The van der Waals surface area contributed by atoms with Gasteiger partial charge in [-0.2, -0.15) is 0 Å². The van der Waals surface area contributed by atoms with Gasteiger partial charge in [0.1, 0.15) is 6.29 Å². The highest BCUT2D eigenvalue weighted by Gasteiger charge is 1.73. The summed E-state index contributed by atoms with van der Waals surface area (Å²) in [5, 5.41) is 0. The van der Waals surface area contributed by atoms with E-state index in [-0.39, 0.29) is 0 Å². The van der Waals surface area contributed by atoms with Crippen LogP contribution in [0.2, 0.25) is 0 Å². The quantitative estimate of drug-likeness (QED) is 0.306. The molecule has 8 heavy (non-hydrogen) atoms. The normalized spacial score (nSPS) is 9.50. The number of hydrogen-bond donors (Lipinski definition) is 0. The lowest BCUT2D eigenvalue weighted by molar-refractivity contribution is -0.107. The van der Waals surface area contributed by atoms with Crippen LogP contribution in [0.15, 0.2) is 24.8 Å². The van der Waals surface area contributed by atoms with Gasteiger partial charge in [-0.05, 0) is 6.42 Å². The van der Waals surface area contributed by atoms with E-state index in [4.69, 9.17) is 0 Å². The summed E-state index contributed by atoms with van der Waals surface area (Å²) in [5.41, 5.74) is 0. The van der Waals surface area contributed by atoms with Gasteiger partial charge in [-0.3, -0.25) is 0 Å². The van der Waals surface area contributed by atoms with Gasteiger partial charge in [0.2, 0.25) is 0 Å².